The van der Waals surface area contributed by atoms with E-state index in [1.807, 2.05) is 24.3 Å². The van der Waals surface area contributed by atoms with Gasteiger partial charge in [-0.15, -0.1) is 11.3 Å². The molecule has 1 aromatic carbocycles. The number of likely N-dealkylation sites (tertiary alicyclic amines) is 1. The summed E-state index contributed by atoms with van der Waals surface area (Å²) < 4.78 is 5.29. The fourth-order valence-electron chi connectivity index (χ4n) is 3.45. The van der Waals surface area contributed by atoms with E-state index in [1.54, 1.807) is 11.6 Å². The summed E-state index contributed by atoms with van der Waals surface area (Å²) in [6, 6.07) is 7.41. The summed E-state index contributed by atoms with van der Waals surface area (Å²) in [4.78, 5) is 34.1. The van der Waals surface area contributed by atoms with E-state index in [9.17, 15) is 9.59 Å². The molecule has 1 aromatic heterocycles. The van der Waals surface area contributed by atoms with Crippen LogP contribution in [-0.2, 0) is 21.6 Å². The van der Waals surface area contributed by atoms with E-state index < -0.39 is 17.7 Å². The van der Waals surface area contributed by atoms with Gasteiger partial charge in [0.1, 0.15) is 17.0 Å². The quantitative estimate of drug-likeness (QED) is 0.841. The van der Waals surface area contributed by atoms with Gasteiger partial charge in [0.2, 0.25) is 5.91 Å². The van der Waals surface area contributed by atoms with Crippen LogP contribution in [0.4, 0.5) is 10.5 Å². The zero-order chi connectivity index (χ0) is 17.4. The average Bonchev–Trinajstić information content (AvgIpc) is 3.33. The number of hydrogen-bond donors (Lipinski definition) is 1. The molecule has 1 fully saturated rings. The van der Waals surface area contributed by atoms with E-state index in [4.69, 9.17) is 11.3 Å². The molecular formula is C17H14N4O3S. The highest BCUT2D eigenvalue weighted by atomic mass is 32.1. The van der Waals surface area contributed by atoms with Crippen molar-refractivity contribution < 1.29 is 14.3 Å². The first-order valence-corrected chi connectivity index (χ1v) is 8.61. The standard InChI is InChI=1S/C17H14N4O3S/c1-18-13-8-17(11-4-2-3-5-12(11)20-15(17)22)10-21(13)16(23)24-9-14-19-6-7-25-14/h2-7,13H,8-10H2,(H,20,22)/t13-,17-/m0/s1. The fourth-order valence-corrected chi connectivity index (χ4v) is 3.98. The van der Waals surface area contributed by atoms with Gasteiger partial charge in [0, 0.05) is 17.3 Å². The van der Waals surface area contributed by atoms with Crippen LogP contribution < -0.4 is 5.32 Å². The van der Waals surface area contributed by atoms with Crippen LogP contribution in [0.25, 0.3) is 4.85 Å². The minimum Gasteiger partial charge on any atom is -0.442 e. The van der Waals surface area contributed by atoms with Crippen molar-refractivity contribution in [1.82, 2.24) is 9.88 Å². The van der Waals surface area contributed by atoms with Gasteiger partial charge < -0.3 is 10.1 Å². The number of nitrogens with one attached hydrogen (secondary N) is 1. The molecule has 0 unspecified atom stereocenters. The van der Waals surface area contributed by atoms with E-state index in [-0.39, 0.29) is 25.5 Å². The summed E-state index contributed by atoms with van der Waals surface area (Å²) in [7, 11) is 0. The van der Waals surface area contributed by atoms with E-state index in [2.05, 4.69) is 15.1 Å². The molecule has 3 heterocycles. The topological polar surface area (TPSA) is 75.9 Å². The Morgan fingerprint density at radius 3 is 3.12 bits per heavy atom. The molecule has 126 valence electrons. The predicted molar refractivity (Wildman–Crippen MR) is 90.8 cm³/mol. The van der Waals surface area contributed by atoms with Gasteiger partial charge in [-0.1, -0.05) is 18.2 Å². The van der Waals surface area contributed by atoms with Crippen molar-refractivity contribution in [2.24, 2.45) is 0 Å². The third-order valence-corrected chi connectivity index (χ3v) is 5.40. The lowest BCUT2D eigenvalue weighted by Gasteiger charge is -2.20. The van der Waals surface area contributed by atoms with Crippen LogP contribution in [-0.4, -0.2) is 34.6 Å². The molecule has 0 saturated carbocycles. The largest absolute Gasteiger partial charge is 0.442 e. The molecule has 0 radical (unpaired) electrons. The van der Waals surface area contributed by atoms with Crippen LogP contribution in [0.5, 0.6) is 0 Å². The Bertz CT molecular complexity index is 876. The second-order valence-electron chi connectivity index (χ2n) is 6.00. The lowest BCUT2D eigenvalue weighted by atomic mass is 9.80. The second kappa shape index (κ2) is 5.86. The van der Waals surface area contributed by atoms with Gasteiger partial charge >= 0.3 is 12.3 Å². The number of carbonyl (C=O) groups excluding carboxylic acids is 2. The minimum atomic E-state index is -0.883. The van der Waals surface area contributed by atoms with Gasteiger partial charge in [0.25, 0.3) is 0 Å². The molecule has 7 nitrogen and oxygen atoms in total. The zero-order valence-electron chi connectivity index (χ0n) is 13.1. The summed E-state index contributed by atoms with van der Waals surface area (Å²) in [5.74, 6) is -0.169. The highest BCUT2D eigenvalue weighted by Gasteiger charge is 2.58. The maximum absolute atomic E-state index is 12.6. The van der Waals surface area contributed by atoms with E-state index in [1.165, 1.54) is 16.2 Å². The lowest BCUT2D eigenvalue weighted by molar-refractivity contribution is -0.120. The van der Waals surface area contributed by atoms with Gasteiger partial charge in [-0.2, -0.15) is 0 Å². The van der Waals surface area contributed by atoms with Gasteiger partial charge in [-0.3, -0.25) is 9.64 Å². The van der Waals surface area contributed by atoms with Gasteiger partial charge in [-0.05, 0) is 11.6 Å². The molecular weight excluding hydrogens is 340 g/mol. The highest BCUT2D eigenvalue weighted by Crippen LogP contribution is 2.46. The Morgan fingerprint density at radius 2 is 2.36 bits per heavy atom. The molecule has 2 atom stereocenters. The number of aromatic nitrogens is 1. The first kappa shape index (κ1) is 15.6. The maximum Gasteiger partial charge on any atom is 0.416 e. The monoisotopic (exact) mass is 354 g/mol. The van der Waals surface area contributed by atoms with Crippen LogP contribution in [0.15, 0.2) is 35.8 Å². The SMILES string of the molecule is [C-]#[N+][C@@H]1C[C@@]2(CN1C(=O)OCc1nccs1)C(=O)Nc1ccccc12. The third kappa shape index (κ3) is 2.44. The van der Waals surface area contributed by atoms with Gasteiger partial charge in [-0.25, -0.2) is 21.3 Å². The molecule has 1 saturated heterocycles. The molecule has 4 rings (SSSR count). The van der Waals surface area contributed by atoms with Crippen LogP contribution in [0, 0.1) is 6.57 Å². The van der Waals surface area contributed by atoms with Gasteiger partial charge in [0.15, 0.2) is 0 Å². The summed E-state index contributed by atoms with van der Waals surface area (Å²) in [6.45, 7) is 7.63. The summed E-state index contributed by atoms with van der Waals surface area (Å²) in [6.07, 6.45) is 0.595. The first-order chi connectivity index (χ1) is 12.1. The van der Waals surface area contributed by atoms with Crippen molar-refractivity contribution in [2.45, 2.75) is 24.6 Å². The number of ether oxygens (including phenoxy) is 1. The van der Waals surface area contributed by atoms with Crippen molar-refractivity contribution in [1.29, 1.82) is 0 Å². The Morgan fingerprint density at radius 1 is 1.52 bits per heavy atom. The maximum atomic E-state index is 12.6. The van der Waals surface area contributed by atoms with Gasteiger partial charge in [0.05, 0.1) is 13.0 Å². The number of anilines is 1. The summed E-state index contributed by atoms with van der Waals surface area (Å²) in [5.41, 5.74) is 0.699. The Hall–Kier alpha value is -2.92. The molecule has 0 bridgehead atoms. The smallest absolute Gasteiger partial charge is 0.416 e. The number of para-hydroxylation sites is 1. The molecule has 8 heteroatoms. The molecule has 2 aromatic rings. The van der Waals surface area contributed by atoms with E-state index in [0.717, 1.165) is 11.3 Å². The lowest BCUT2D eigenvalue weighted by Crippen LogP contribution is -2.40. The Balaban J connectivity index is 1.58. The number of nitrogens with zero attached hydrogens (tertiary/aromatic N) is 3. The number of thiazole rings is 1. The number of hydrogen-bond acceptors (Lipinski definition) is 5. The van der Waals surface area contributed by atoms with Crippen molar-refractivity contribution in [2.75, 3.05) is 11.9 Å². The molecule has 0 aliphatic carbocycles. The van der Waals surface area contributed by atoms with E-state index in [0.29, 0.717) is 5.01 Å². The van der Waals surface area contributed by atoms with E-state index >= 15 is 0 Å². The summed E-state index contributed by atoms with van der Waals surface area (Å²) in [5, 5.41) is 5.35. The number of carbonyl (C=O) groups is 2. The number of fused-ring (bicyclic) bond motifs is 2. The molecule has 2 amide bonds. The molecule has 1 N–H and O–H groups in total. The normalized spacial score (nSPS) is 24.0. The van der Waals surface area contributed by atoms with Crippen LogP contribution >= 0.6 is 11.3 Å². The average molecular weight is 354 g/mol. The predicted octanol–water partition coefficient (Wildman–Crippen LogP) is 2.62. The second-order valence-corrected chi connectivity index (χ2v) is 6.98. The number of rotatable bonds is 2. The van der Waals surface area contributed by atoms with Crippen LogP contribution in [0.1, 0.15) is 17.0 Å². The molecule has 2 aliphatic rings. The van der Waals surface area contributed by atoms with Crippen molar-refractivity contribution in [3.63, 3.8) is 0 Å². The van der Waals surface area contributed by atoms with Crippen molar-refractivity contribution in [3.05, 3.63) is 57.8 Å². The number of amides is 2. The third-order valence-electron chi connectivity index (χ3n) is 4.64. The molecule has 25 heavy (non-hydrogen) atoms. The summed E-state index contributed by atoms with van der Waals surface area (Å²) >= 11 is 1.39. The molecule has 1 spiro atoms. The Kier molecular flexibility index (Phi) is 3.66. The van der Waals surface area contributed by atoms with Crippen LogP contribution in [0.2, 0.25) is 0 Å². The molecule has 2 aliphatic heterocycles. The fraction of sp³-hybridized carbons (Fsp3) is 0.294. The number of benzene rings is 1. The Labute approximate surface area is 148 Å². The van der Waals surface area contributed by atoms with Crippen LogP contribution in [0.3, 0.4) is 0 Å². The first-order valence-electron chi connectivity index (χ1n) is 7.73. The zero-order valence-corrected chi connectivity index (χ0v) is 14.0. The minimum absolute atomic E-state index is 0.0630. The van der Waals surface area contributed by atoms with Crippen molar-refractivity contribution in [3.8, 4) is 0 Å². The van der Waals surface area contributed by atoms with Crippen molar-refractivity contribution >= 4 is 29.0 Å². The highest BCUT2D eigenvalue weighted by molar-refractivity contribution is 7.09.